The highest BCUT2D eigenvalue weighted by Crippen LogP contribution is 2.47. The number of halogens is 2. The lowest BCUT2D eigenvalue weighted by Gasteiger charge is -2.20. The van der Waals surface area contributed by atoms with Crippen LogP contribution in [0.2, 0.25) is 0 Å². The summed E-state index contributed by atoms with van der Waals surface area (Å²) in [5.74, 6) is 1.87. The molecule has 0 amide bonds. The maximum Gasteiger partial charge on any atom is 0.230 e. The van der Waals surface area contributed by atoms with Crippen molar-refractivity contribution in [1.29, 1.82) is 0 Å². The SMILES string of the molecule is COc1c([NH3+])c(OCCC2CCCC[NH2+]2)c(OC)c2occc12.[Cl-].[Cl-]. The Morgan fingerprint density at radius 3 is 2.56 bits per heavy atom. The van der Waals surface area contributed by atoms with E-state index in [1.807, 2.05) is 6.07 Å². The highest BCUT2D eigenvalue weighted by atomic mass is 35.5. The standard InChI is InChI=1S/C17H24N2O4.2ClH/c1-20-14-12-7-10-22-15(12)17(21-2)16(13(14)18)23-9-6-11-5-3-4-8-19-11;;/h7,10-11,19H,3-6,8-9,18H2,1-2H3;2*1H. The van der Waals surface area contributed by atoms with Gasteiger partial charge in [0.05, 0.1) is 45.1 Å². The van der Waals surface area contributed by atoms with E-state index >= 15 is 0 Å². The van der Waals surface area contributed by atoms with Crippen LogP contribution in [-0.4, -0.2) is 33.4 Å². The summed E-state index contributed by atoms with van der Waals surface area (Å²) in [4.78, 5) is 0. The van der Waals surface area contributed by atoms with Crippen LogP contribution in [0, 0.1) is 0 Å². The van der Waals surface area contributed by atoms with Crippen LogP contribution >= 0.6 is 0 Å². The van der Waals surface area contributed by atoms with Gasteiger partial charge >= 0.3 is 0 Å². The molecule has 1 fully saturated rings. The number of furan rings is 1. The van der Waals surface area contributed by atoms with E-state index in [0.717, 1.165) is 11.8 Å². The predicted octanol–water partition coefficient (Wildman–Crippen LogP) is -4.78. The van der Waals surface area contributed by atoms with Crippen molar-refractivity contribution in [3.8, 4) is 17.2 Å². The first-order valence-corrected chi connectivity index (χ1v) is 8.19. The molecule has 1 aromatic carbocycles. The van der Waals surface area contributed by atoms with Gasteiger partial charge in [0.1, 0.15) is 0 Å². The Morgan fingerprint density at radius 2 is 1.92 bits per heavy atom. The third kappa shape index (κ3) is 4.44. The summed E-state index contributed by atoms with van der Waals surface area (Å²) in [5, 5.41) is 3.27. The van der Waals surface area contributed by atoms with Crippen molar-refractivity contribution in [1.82, 2.24) is 0 Å². The maximum atomic E-state index is 6.03. The Morgan fingerprint density at radius 1 is 1.16 bits per heavy atom. The first-order chi connectivity index (χ1) is 11.3. The lowest BCUT2D eigenvalue weighted by molar-refractivity contribution is -0.698. The highest BCUT2D eigenvalue weighted by Gasteiger charge is 2.26. The van der Waals surface area contributed by atoms with Crippen molar-refractivity contribution in [2.45, 2.75) is 31.7 Å². The molecule has 1 aliphatic rings. The number of fused-ring (bicyclic) bond motifs is 1. The fourth-order valence-electron chi connectivity index (χ4n) is 3.34. The molecular formula is C17H26Cl2N2O4. The zero-order chi connectivity index (χ0) is 16.2. The lowest BCUT2D eigenvalue weighted by Crippen LogP contribution is -3.00. The number of ether oxygens (including phenoxy) is 3. The minimum absolute atomic E-state index is 0. The number of nitrogens with two attached hydrogens (primary N) is 1. The third-order valence-corrected chi connectivity index (χ3v) is 4.54. The number of piperidine rings is 1. The molecule has 0 bridgehead atoms. The second-order valence-electron chi connectivity index (χ2n) is 5.95. The van der Waals surface area contributed by atoms with E-state index in [0.29, 0.717) is 41.2 Å². The van der Waals surface area contributed by atoms with Crippen molar-refractivity contribution in [3.63, 3.8) is 0 Å². The van der Waals surface area contributed by atoms with E-state index in [9.17, 15) is 0 Å². The molecule has 2 heterocycles. The number of methoxy groups -OCH3 is 2. The average molecular weight is 393 g/mol. The molecule has 0 saturated carbocycles. The Kier molecular flexibility index (Phi) is 8.65. The van der Waals surface area contributed by atoms with Crippen LogP contribution in [0.4, 0.5) is 5.69 Å². The van der Waals surface area contributed by atoms with Crippen LogP contribution in [0.1, 0.15) is 25.7 Å². The van der Waals surface area contributed by atoms with E-state index < -0.39 is 0 Å². The Bertz CT molecular complexity index is 672. The average Bonchev–Trinajstić information content (AvgIpc) is 3.05. The molecule has 2 aromatic rings. The van der Waals surface area contributed by atoms with Crippen LogP contribution in [-0.2, 0) is 0 Å². The molecule has 1 atom stereocenters. The molecule has 1 unspecified atom stereocenters. The molecule has 8 heteroatoms. The van der Waals surface area contributed by atoms with Gasteiger partial charge in [0.2, 0.25) is 17.2 Å². The van der Waals surface area contributed by atoms with Gasteiger partial charge < -0.3 is 54.5 Å². The van der Waals surface area contributed by atoms with Crippen molar-refractivity contribution < 1.29 is 54.5 Å². The summed E-state index contributed by atoms with van der Waals surface area (Å²) in [6.45, 7) is 1.86. The van der Waals surface area contributed by atoms with Crippen LogP contribution in [0.25, 0.3) is 11.0 Å². The minimum Gasteiger partial charge on any atom is -1.00 e. The van der Waals surface area contributed by atoms with Crippen LogP contribution in [0.15, 0.2) is 16.7 Å². The van der Waals surface area contributed by atoms with Crippen LogP contribution < -0.4 is 50.1 Å². The molecule has 142 valence electrons. The molecule has 5 N–H and O–H groups in total. The van der Waals surface area contributed by atoms with Gasteiger partial charge in [-0.15, -0.1) is 0 Å². The van der Waals surface area contributed by atoms with E-state index in [-0.39, 0.29) is 24.8 Å². The summed E-state index contributed by atoms with van der Waals surface area (Å²) in [7, 11) is 3.24. The van der Waals surface area contributed by atoms with E-state index in [2.05, 4.69) is 11.1 Å². The molecule has 1 saturated heterocycles. The smallest absolute Gasteiger partial charge is 0.230 e. The van der Waals surface area contributed by atoms with Crippen molar-refractivity contribution in [3.05, 3.63) is 12.3 Å². The van der Waals surface area contributed by atoms with Gasteiger partial charge in [0, 0.05) is 6.42 Å². The maximum absolute atomic E-state index is 6.03. The first kappa shape index (κ1) is 21.7. The summed E-state index contributed by atoms with van der Waals surface area (Å²) in [6.07, 6.45) is 6.53. The lowest BCUT2D eigenvalue weighted by atomic mass is 10.0. The van der Waals surface area contributed by atoms with Crippen LogP contribution in [0.3, 0.4) is 0 Å². The van der Waals surface area contributed by atoms with Gasteiger partial charge in [0.25, 0.3) is 0 Å². The summed E-state index contributed by atoms with van der Waals surface area (Å²) >= 11 is 0. The topological polar surface area (TPSA) is 85.1 Å². The minimum atomic E-state index is 0. The van der Waals surface area contributed by atoms with Gasteiger partial charge in [-0.25, -0.2) is 0 Å². The Balaban J connectivity index is 0.00000156. The van der Waals surface area contributed by atoms with Crippen molar-refractivity contribution in [2.75, 3.05) is 27.4 Å². The Labute approximate surface area is 160 Å². The van der Waals surface area contributed by atoms with Crippen molar-refractivity contribution >= 4 is 16.7 Å². The summed E-state index contributed by atoms with van der Waals surface area (Å²) in [5.41, 5.74) is 5.45. The molecule has 0 aliphatic carbocycles. The van der Waals surface area contributed by atoms with Gasteiger partial charge in [-0.2, -0.15) is 0 Å². The molecule has 1 aliphatic heterocycles. The van der Waals surface area contributed by atoms with Crippen LogP contribution in [0.5, 0.6) is 17.2 Å². The Hall–Kier alpha value is -1.34. The first-order valence-electron chi connectivity index (χ1n) is 8.19. The largest absolute Gasteiger partial charge is 1.00 e. The molecule has 25 heavy (non-hydrogen) atoms. The molecule has 6 nitrogen and oxygen atoms in total. The predicted molar refractivity (Wildman–Crippen MR) is 86.4 cm³/mol. The number of benzene rings is 1. The number of rotatable bonds is 6. The quantitative estimate of drug-likeness (QED) is 0.516. The molecular weight excluding hydrogens is 367 g/mol. The molecule has 3 rings (SSSR count). The fraction of sp³-hybridized carbons (Fsp3) is 0.529. The van der Waals surface area contributed by atoms with E-state index in [1.54, 1.807) is 20.5 Å². The second kappa shape index (κ2) is 9.97. The van der Waals surface area contributed by atoms with Crippen molar-refractivity contribution in [2.24, 2.45) is 0 Å². The molecule has 1 aromatic heterocycles. The van der Waals surface area contributed by atoms with Gasteiger partial charge in [0.15, 0.2) is 11.3 Å². The third-order valence-electron chi connectivity index (χ3n) is 4.54. The molecule has 0 radical (unpaired) electrons. The van der Waals surface area contributed by atoms with E-state index in [4.69, 9.17) is 18.6 Å². The number of quaternary nitrogens is 2. The second-order valence-corrected chi connectivity index (χ2v) is 5.95. The van der Waals surface area contributed by atoms with Gasteiger partial charge in [-0.1, -0.05) is 0 Å². The number of hydrogen-bond acceptors (Lipinski definition) is 4. The normalized spacial score (nSPS) is 16.7. The monoisotopic (exact) mass is 392 g/mol. The van der Waals surface area contributed by atoms with Gasteiger partial charge in [-0.3, -0.25) is 0 Å². The summed E-state index contributed by atoms with van der Waals surface area (Å²) < 4.78 is 22.6. The summed E-state index contributed by atoms with van der Waals surface area (Å²) in [6, 6.07) is 2.50. The van der Waals surface area contributed by atoms with E-state index in [1.165, 1.54) is 25.8 Å². The zero-order valence-corrected chi connectivity index (χ0v) is 16.2. The number of hydrogen-bond donors (Lipinski definition) is 2. The zero-order valence-electron chi connectivity index (χ0n) is 14.6. The highest BCUT2D eigenvalue weighted by molar-refractivity contribution is 5.96. The molecule has 0 spiro atoms. The van der Waals surface area contributed by atoms with Gasteiger partial charge in [-0.05, 0) is 25.3 Å². The fourth-order valence-corrected chi connectivity index (χ4v) is 3.34.